The van der Waals surface area contributed by atoms with Crippen molar-refractivity contribution in [3.05, 3.63) is 0 Å². The quantitative estimate of drug-likeness (QED) is 0.0222. The number of unbranched alkanes of at least 4 members (excludes halogenated alkanes) is 36. The fourth-order valence-electron chi connectivity index (χ4n) is 11.3. The smallest absolute Gasteiger partial charge is 0.462 e. The second kappa shape index (κ2) is 64.4. The maximum atomic E-state index is 13.1. The van der Waals surface area contributed by atoms with E-state index >= 15 is 0 Å². The molecule has 0 saturated heterocycles. The van der Waals surface area contributed by atoms with Gasteiger partial charge in [0.25, 0.3) is 0 Å². The molecule has 0 saturated carbocycles. The van der Waals surface area contributed by atoms with Crippen LogP contribution in [0.15, 0.2) is 0 Å². The zero-order chi connectivity index (χ0) is 69.6. The van der Waals surface area contributed by atoms with Crippen LogP contribution >= 0.6 is 15.6 Å². The topological polar surface area (TPSA) is 237 Å². The highest BCUT2D eigenvalue weighted by Crippen LogP contribution is 2.45. The lowest BCUT2D eigenvalue weighted by Gasteiger charge is -2.21. The normalized spacial score (nSPS) is 14.7. The minimum atomic E-state index is -4.96. The first kappa shape index (κ1) is 92.1. The van der Waals surface area contributed by atoms with Crippen LogP contribution in [0.4, 0.5) is 0 Å². The molecule has 558 valence electrons. The molecule has 0 radical (unpaired) electrons. The van der Waals surface area contributed by atoms with Crippen LogP contribution in [0.25, 0.3) is 0 Å². The molecule has 7 atom stereocenters. The summed E-state index contributed by atoms with van der Waals surface area (Å²) >= 11 is 0. The predicted octanol–water partition coefficient (Wildman–Crippen LogP) is 21.7. The summed E-state index contributed by atoms with van der Waals surface area (Å²) in [6.45, 7) is 14.1. The molecule has 17 nitrogen and oxygen atoms in total. The molecule has 0 bridgehead atoms. The number of ether oxygens (including phenoxy) is 4. The van der Waals surface area contributed by atoms with Gasteiger partial charge in [0.15, 0.2) is 12.2 Å². The molecule has 0 aliphatic rings. The van der Waals surface area contributed by atoms with Gasteiger partial charge in [0.05, 0.1) is 26.4 Å². The summed E-state index contributed by atoms with van der Waals surface area (Å²) in [4.78, 5) is 72.7. The van der Waals surface area contributed by atoms with Gasteiger partial charge in [-0.1, -0.05) is 325 Å². The Kier molecular flexibility index (Phi) is 63.1. The fraction of sp³-hybridized carbons (Fsp3) is 0.947. The van der Waals surface area contributed by atoms with Gasteiger partial charge in [0.1, 0.15) is 19.3 Å². The van der Waals surface area contributed by atoms with E-state index in [0.717, 1.165) is 120 Å². The first-order chi connectivity index (χ1) is 45.2. The maximum Gasteiger partial charge on any atom is 0.472 e. The molecule has 0 aliphatic heterocycles. The average Bonchev–Trinajstić information content (AvgIpc) is 1.72. The molecule has 94 heavy (non-hydrogen) atoms. The summed E-state index contributed by atoms with van der Waals surface area (Å²) in [7, 11) is -9.91. The van der Waals surface area contributed by atoms with Gasteiger partial charge in [-0.05, 0) is 49.4 Å². The summed E-state index contributed by atoms with van der Waals surface area (Å²) in [5, 5.41) is 10.6. The standard InChI is InChI=1S/C75H146O17P2/c1-9-67(7)53-45-37-29-21-19-17-15-13-11-12-14-16-18-20-22-31-41-49-57-74(79)91-71(62-86-73(78)56-48-40-34-33-38-46-54-68(8)10-2)64-90-94(83,84)88-60-69(76)59-87-93(81,82)89-63-70(92-75(80)58-50-42-32-26-24-28-36-44-52-66(5)6)61-85-72(77)55-47-39-30-25-23-27-35-43-51-65(3)4/h65-71,76H,9-64H2,1-8H3,(H,81,82)(H,83,84)/t67?,68?,69?,70-,71-/m1/s1. The summed E-state index contributed by atoms with van der Waals surface area (Å²) in [5.41, 5.74) is 0. The SMILES string of the molecule is CCC(C)CCCCCCCCCCCCCCCCCCCCC(=O)O[C@H](COC(=O)CCCCCCCCC(C)CC)COP(=O)(O)OCC(O)COP(=O)(O)OC[C@@H](COC(=O)CCCCCCCCCCC(C)C)OC(=O)CCCCCCCCCCC(C)C. The lowest BCUT2D eigenvalue weighted by molar-refractivity contribution is -0.161. The second-order valence-corrected chi connectivity index (χ2v) is 31.4. The average molecular weight is 1380 g/mol. The van der Waals surface area contributed by atoms with Gasteiger partial charge < -0.3 is 33.8 Å². The lowest BCUT2D eigenvalue weighted by Crippen LogP contribution is -2.30. The van der Waals surface area contributed by atoms with Crippen LogP contribution in [-0.2, 0) is 65.4 Å². The number of carbonyl (C=O) groups is 4. The molecule has 0 spiro atoms. The van der Waals surface area contributed by atoms with E-state index in [1.54, 1.807) is 0 Å². The third-order valence-corrected chi connectivity index (χ3v) is 19.9. The van der Waals surface area contributed by atoms with Crippen molar-refractivity contribution in [2.24, 2.45) is 23.7 Å². The number of esters is 4. The minimum Gasteiger partial charge on any atom is -0.462 e. The summed E-state index contributed by atoms with van der Waals surface area (Å²) in [5.74, 6) is 0.919. The summed E-state index contributed by atoms with van der Waals surface area (Å²) < 4.78 is 68.4. The van der Waals surface area contributed by atoms with E-state index in [2.05, 4.69) is 55.4 Å². The molecule has 0 aromatic heterocycles. The highest BCUT2D eigenvalue weighted by Gasteiger charge is 2.30. The summed E-state index contributed by atoms with van der Waals surface area (Å²) in [6, 6.07) is 0. The number of phosphoric ester groups is 2. The van der Waals surface area contributed by atoms with E-state index in [4.69, 9.17) is 37.0 Å². The van der Waals surface area contributed by atoms with Crippen molar-refractivity contribution in [1.82, 2.24) is 0 Å². The molecule has 0 rings (SSSR count). The van der Waals surface area contributed by atoms with Crippen LogP contribution in [0.5, 0.6) is 0 Å². The third-order valence-electron chi connectivity index (χ3n) is 18.0. The van der Waals surface area contributed by atoms with Crippen LogP contribution in [0.1, 0.15) is 376 Å². The van der Waals surface area contributed by atoms with Crippen LogP contribution in [0.3, 0.4) is 0 Å². The summed E-state index contributed by atoms with van der Waals surface area (Å²) in [6.07, 6.45) is 48.8. The number of aliphatic hydroxyl groups is 1. The van der Waals surface area contributed by atoms with Crippen LogP contribution in [-0.4, -0.2) is 96.7 Å². The monoisotopic (exact) mass is 1380 g/mol. The van der Waals surface area contributed by atoms with Gasteiger partial charge in [0.2, 0.25) is 0 Å². The molecule has 0 aliphatic carbocycles. The van der Waals surface area contributed by atoms with Crippen molar-refractivity contribution in [3.63, 3.8) is 0 Å². The Bertz CT molecular complexity index is 1850. The van der Waals surface area contributed by atoms with E-state index in [-0.39, 0.29) is 25.7 Å². The van der Waals surface area contributed by atoms with Gasteiger partial charge in [-0.3, -0.25) is 37.3 Å². The highest BCUT2D eigenvalue weighted by molar-refractivity contribution is 7.47. The van der Waals surface area contributed by atoms with Gasteiger partial charge in [-0.2, -0.15) is 0 Å². The maximum absolute atomic E-state index is 13.1. The van der Waals surface area contributed by atoms with Crippen molar-refractivity contribution < 1.29 is 80.2 Å². The second-order valence-electron chi connectivity index (χ2n) is 28.5. The molecule has 0 amide bonds. The van der Waals surface area contributed by atoms with Gasteiger partial charge in [0, 0.05) is 25.7 Å². The van der Waals surface area contributed by atoms with Crippen molar-refractivity contribution in [3.8, 4) is 0 Å². The Labute approximate surface area is 575 Å². The van der Waals surface area contributed by atoms with Crippen LogP contribution < -0.4 is 0 Å². The number of hydrogen-bond acceptors (Lipinski definition) is 15. The molecule has 5 unspecified atom stereocenters. The van der Waals surface area contributed by atoms with E-state index in [1.165, 1.54) is 173 Å². The van der Waals surface area contributed by atoms with Crippen LogP contribution in [0.2, 0.25) is 0 Å². The number of hydrogen-bond donors (Lipinski definition) is 3. The molecule has 0 aromatic carbocycles. The Morgan fingerprint density at radius 2 is 0.511 bits per heavy atom. The lowest BCUT2D eigenvalue weighted by atomic mass is 9.99. The number of aliphatic hydroxyl groups excluding tert-OH is 1. The van der Waals surface area contributed by atoms with Gasteiger partial charge in [-0.15, -0.1) is 0 Å². The molecule has 0 aromatic rings. The van der Waals surface area contributed by atoms with Crippen molar-refractivity contribution in [2.45, 2.75) is 395 Å². The third kappa shape index (κ3) is 66.0. The number of carbonyl (C=O) groups excluding carboxylic acids is 4. The Hall–Kier alpha value is -1.94. The largest absolute Gasteiger partial charge is 0.472 e. The van der Waals surface area contributed by atoms with E-state index in [1.807, 2.05) is 0 Å². The van der Waals surface area contributed by atoms with E-state index < -0.39 is 97.5 Å². The highest BCUT2D eigenvalue weighted by atomic mass is 31.2. The van der Waals surface area contributed by atoms with E-state index in [9.17, 15) is 43.2 Å². The minimum absolute atomic E-state index is 0.103. The van der Waals surface area contributed by atoms with Crippen LogP contribution in [0, 0.1) is 23.7 Å². The van der Waals surface area contributed by atoms with Crippen molar-refractivity contribution in [2.75, 3.05) is 39.6 Å². The number of phosphoric acid groups is 2. The molecular formula is C75H146O17P2. The van der Waals surface area contributed by atoms with Crippen molar-refractivity contribution in [1.29, 1.82) is 0 Å². The zero-order valence-corrected chi connectivity index (χ0v) is 63.4. The fourth-order valence-corrected chi connectivity index (χ4v) is 12.9. The molecule has 0 fully saturated rings. The Morgan fingerprint density at radius 1 is 0.298 bits per heavy atom. The molecule has 0 heterocycles. The predicted molar refractivity (Wildman–Crippen MR) is 381 cm³/mol. The number of rotatable bonds is 72. The van der Waals surface area contributed by atoms with Gasteiger partial charge in [-0.25, -0.2) is 9.13 Å². The zero-order valence-electron chi connectivity index (χ0n) is 61.6. The van der Waals surface area contributed by atoms with E-state index in [0.29, 0.717) is 25.7 Å². The molecule has 19 heteroatoms. The molecular weight excluding hydrogens is 1230 g/mol. The first-order valence-corrected chi connectivity index (χ1v) is 41.8. The Balaban J connectivity index is 5.16. The first-order valence-electron chi connectivity index (χ1n) is 38.8. The van der Waals surface area contributed by atoms with Gasteiger partial charge >= 0.3 is 39.5 Å². The Morgan fingerprint density at radius 3 is 0.755 bits per heavy atom. The van der Waals surface area contributed by atoms with Crippen molar-refractivity contribution >= 4 is 39.5 Å². The molecule has 3 N–H and O–H groups in total.